The maximum atomic E-state index is 12.3. The molecule has 0 amide bonds. The molecule has 0 heterocycles. The van der Waals surface area contributed by atoms with Gasteiger partial charge in [0.1, 0.15) is 12.2 Å². The molecule has 0 aromatic heterocycles. The van der Waals surface area contributed by atoms with Crippen molar-refractivity contribution >= 4 is 7.82 Å². The van der Waals surface area contributed by atoms with Gasteiger partial charge in [-0.1, -0.05) is 39.0 Å². The lowest BCUT2D eigenvalue weighted by Crippen LogP contribution is -2.22. The Bertz CT molecular complexity index is 297. The zero-order chi connectivity index (χ0) is 17.6. The summed E-state index contributed by atoms with van der Waals surface area (Å²) in [6.07, 6.45) is 3.77. The van der Waals surface area contributed by atoms with E-state index in [4.69, 9.17) is 23.8 Å². The summed E-state index contributed by atoms with van der Waals surface area (Å²) in [7, 11) is -3.96. The number of hydrogen-bond donors (Lipinski definition) is 4. The lowest BCUT2D eigenvalue weighted by molar-refractivity contribution is 0.00820. The van der Waals surface area contributed by atoms with E-state index in [0.717, 1.165) is 25.7 Å². The summed E-state index contributed by atoms with van der Waals surface area (Å²) in [5.41, 5.74) is 0. The van der Waals surface area contributed by atoms with E-state index in [2.05, 4.69) is 6.92 Å². The average Bonchev–Trinajstić information content (AvgIpc) is 2.56. The predicted molar refractivity (Wildman–Crippen MR) is 85.0 cm³/mol. The second-order valence-corrected chi connectivity index (χ2v) is 6.98. The third-order valence-electron chi connectivity index (χ3n) is 3.02. The van der Waals surface area contributed by atoms with Crippen LogP contribution in [0.4, 0.5) is 0 Å². The fourth-order valence-electron chi connectivity index (χ4n) is 1.63. The van der Waals surface area contributed by atoms with Crippen molar-refractivity contribution in [1.29, 1.82) is 0 Å². The molecule has 0 saturated heterocycles. The van der Waals surface area contributed by atoms with Crippen LogP contribution in [0.1, 0.15) is 45.4 Å². The first kappa shape index (κ1) is 22.9. The highest BCUT2D eigenvalue weighted by atomic mass is 31.2. The van der Waals surface area contributed by atoms with Crippen LogP contribution in [0.5, 0.6) is 0 Å². The van der Waals surface area contributed by atoms with Gasteiger partial charge in [-0.15, -0.1) is 0 Å². The molecule has 0 radical (unpaired) electrons. The normalized spacial score (nSPS) is 16.9. The van der Waals surface area contributed by atoms with Gasteiger partial charge in [-0.05, 0) is 6.42 Å². The van der Waals surface area contributed by atoms with E-state index in [-0.39, 0.29) is 6.61 Å². The van der Waals surface area contributed by atoms with Gasteiger partial charge in [0, 0.05) is 0 Å². The molecule has 0 saturated carbocycles. The molecule has 0 aromatic carbocycles. The highest BCUT2D eigenvalue weighted by Crippen LogP contribution is 2.49. The first-order chi connectivity index (χ1) is 11.0. The summed E-state index contributed by atoms with van der Waals surface area (Å²) in [5.74, 6) is 0. The predicted octanol–water partition coefficient (Wildman–Crippen LogP) is 1.21. The van der Waals surface area contributed by atoms with E-state index in [1.54, 1.807) is 0 Å². The van der Waals surface area contributed by atoms with Crippen molar-refractivity contribution in [3.05, 3.63) is 0 Å². The molecule has 9 heteroatoms. The second-order valence-electron chi connectivity index (χ2n) is 5.31. The van der Waals surface area contributed by atoms with Crippen LogP contribution in [0.15, 0.2) is 0 Å². The minimum atomic E-state index is -3.96. The van der Waals surface area contributed by atoms with Gasteiger partial charge in [0.25, 0.3) is 0 Å². The molecule has 23 heavy (non-hydrogen) atoms. The van der Waals surface area contributed by atoms with Crippen molar-refractivity contribution in [1.82, 2.24) is 0 Å². The summed E-state index contributed by atoms with van der Waals surface area (Å²) in [5, 5.41) is 35.9. The number of aliphatic hydroxyl groups is 4. The van der Waals surface area contributed by atoms with E-state index in [1.807, 2.05) is 0 Å². The second kappa shape index (κ2) is 14.3. The van der Waals surface area contributed by atoms with E-state index in [9.17, 15) is 14.8 Å². The highest BCUT2D eigenvalue weighted by Gasteiger charge is 2.28. The van der Waals surface area contributed by atoms with E-state index >= 15 is 0 Å². The van der Waals surface area contributed by atoms with Crippen LogP contribution in [-0.4, -0.2) is 65.7 Å². The van der Waals surface area contributed by atoms with Crippen LogP contribution in [0.3, 0.4) is 0 Å². The van der Waals surface area contributed by atoms with Gasteiger partial charge >= 0.3 is 7.82 Å². The highest BCUT2D eigenvalue weighted by molar-refractivity contribution is 7.48. The van der Waals surface area contributed by atoms with Gasteiger partial charge in [0.15, 0.2) is 0 Å². The molecule has 0 aliphatic heterocycles. The molecule has 2 unspecified atom stereocenters. The maximum Gasteiger partial charge on any atom is 0.474 e. The number of phosphoric acid groups is 1. The maximum absolute atomic E-state index is 12.3. The quantitative estimate of drug-likeness (QED) is 0.240. The lowest BCUT2D eigenvalue weighted by atomic mass is 10.1. The zero-order valence-electron chi connectivity index (χ0n) is 13.8. The Balaban J connectivity index is 4.17. The molecule has 4 N–H and O–H groups in total. The fourth-order valence-corrected chi connectivity index (χ4v) is 2.92. The standard InChI is InChI=1S/C14H31O8P/c1-2-3-4-5-6-7-8-20-23(19,21-11-13(17)9-15)22-12-14(18)10-16/h13-18H,2-12H2,1H3. The zero-order valence-corrected chi connectivity index (χ0v) is 14.7. The third kappa shape index (κ3) is 13.0. The van der Waals surface area contributed by atoms with Crippen molar-refractivity contribution in [2.24, 2.45) is 0 Å². The van der Waals surface area contributed by atoms with Crippen LogP contribution < -0.4 is 0 Å². The SMILES string of the molecule is CCCCCCCCOP(=O)(OCC(O)CO)OCC(O)CO. The molecule has 0 rings (SSSR count). The van der Waals surface area contributed by atoms with Gasteiger partial charge in [-0.25, -0.2) is 4.57 Å². The van der Waals surface area contributed by atoms with Crippen LogP contribution in [0, 0.1) is 0 Å². The van der Waals surface area contributed by atoms with Crippen LogP contribution >= 0.6 is 7.82 Å². The molecule has 0 bridgehead atoms. The van der Waals surface area contributed by atoms with Gasteiger partial charge in [0.05, 0.1) is 33.0 Å². The van der Waals surface area contributed by atoms with E-state index in [1.165, 1.54) is 6.42 Å². The summed E-state index contributed by atoms with van der Waals surface area (Å²) in [6, 6.07) is 0. The van der Waals surface area contributed by atoms with Crippen molar-refractivity contribution < 1.29 is 38.6 Å². The smallest absolute Gasteiger partial charge is 0.394 e. The van der Waals surface area contributed by atoms with Gasteiger partial charge < -0.3 is 20.4 Å². The van der Waals surface area contributed by atoms with Crippen molar-refractivity contribution in [2.45, 2.75) is 57.7 Å². The minimum Gasteiger partial charge on any atom is -0.394 e. The Labute approximate surface area is 138 Å². The molecule has 0 aliphatic carbocycles. The monoisotopic (exact) mass is 358 g/mol. The van der Waals surface area contributed by atoms with Gasteiger partial charge in [0.2, 0.25) is 0 Å². The molecule has 0 aliphatic rings. The van der Waals surface area contributed by atoms with Crippen molar-refractivity contribution in [2.75, 3.05) is 33.0 Å². The Morgan fingerprint density at radius 2 is 1.30 bits per heavy atom. The van der Waals surface area contributed by atoms with E-state index in [0.29, 0.717) is 6.42 Å². The Morgan fingerprint density at radius 1 is 0.826 bits per heavy atom. The molecule has 2 atom stereocenters. The number of hydrogen-bond acceptors (Lipinski definition) is 8. The summed E-state index contributed by atoms with van der Waals surface area (Å²) >= 11 is 0. The van der Waals surface area contributed by atoms with Crippen molar-refractivity contribution in [3.8, 4) is 0 Å². The Kier molecular flexibility index (Phi) is 14.3. The number of aliphatic hydroxyl groups excluding tert-OH is 4. The number of phosphoric ester groups is 1. The topological polar surface area (TPSA) is 126 Å². The average molecular weight is 358 g/mol. The minimum absolute atomic E-state index is 0.161. The molecular formula is C14H31O8P. The third-order valence-corrected chi connectivity index (χ3v) is 4.45. The molecule has 0 spiro atoms. The Morgan fingerprint density at radius 3 is 1.78 bits per heavy atom. The van der Waals surface area contributed by atoms with E-state index < -0.39 is 46.5 Å². The van der Waals surface area contributed by atoms with Crippen molar-refractivity contribution in [3.63, 3.8) is 0 Å². The molecule has 0 fully saturated rings. The van der Waals surface area contributed by atoms with Crippen LogP contribution in [-0.2, 0) is 18.1 Å². The van der Waals surface area contributed by atoms with Gasteiger partial charge in [-0.3, -0.25) is 13.6 Å². The number of rotatable bonds is 16. The summed E-state index contributed by atoms with van der Waals surface area (Å²) < 4.78 is 27.3. The molecule has 8 nitrogen and oxygen atoms in total. The molecule has 0 aromatic rings. The lowest BCUT2D eigenvalue weighted by Gasteiger charge is -2.20. The largest absolute Gasteiger partial charge is 0.474 e. The van der Waals surface area contributed by atoms with Crippen LogP contribution in [0.25, 0.3) is 0 Å². The molecular weight excluding hydrogens is 327 g/mol. The van der Waals surface area contributed by atoms with Gasteiger partial charge in [-0.2, -0.15) is 0 Å². The summed E-state index contributed by atoms with van der Waals surface area (Å²) in [4.78, 5) is 0. The fraction of sp³-hybridized carbons (Fsp3) is 1.00. The first-order valence-corrected chi connectivity index (χ1v) is 9.55. The number of unbranched alkanes of at least 4 members (excludes halogenated alkanes) is 5. The Hall–Kier alpha value is -0.0500. The summed E-state index contributed by atoms with van der Waals surface area (Å²) in [6.45, 7) is 0.371. The first-order valence-electron chi connectivity index (χ1n) is 8.09. The molecule has 140 valence electrons. The van der Waals surface area contributed by atoms with Crippen LogP contribution in [0.2, 0.25) is 0 Å².